The van der Waals surface area contributed by atoms with E-state index in [1.807, 2.05) is 0 Å². The van der Waals surface area contributed by atoms with Gasteiger partial charge in [-0.15, -0.1) is 0 Å². The molecule has 6 rings (SSSR count). The maximum absolute atomic E-state index is 14.1. The van der Waals surface area contributed by atoms with E-state index in [2.05, 4.69) is 4.98 Å². The fraction of sp³-hybridized carbons (Fsp3) is 0.590. The van der Waals surface area contributed by atoms with E-state index in [0.29, 0.717) is 0 Å². The summed E-state index contributed by atoms with van der Waals surface area (Å²) in [5.41, 5.74) is -10.1. The number of esters is 7. The van der Waals surface area contributed by atoms with Crippen LogP contribution in [0.3, 0.4) is 0 Å². The normalized spacial score (nSPS) is 36.8. The molecule has 19 nitrogen and oxygen atoms in total. The van der Waals surface area contributed by atoms with Gasteiger partial charge < -0.3 is 52.5 Å². The molecule has 4 bridgehead atoms. The van der Waals surface area contributed by atoms with Gasteiger partial charge in [0.05, 0.1) is 34.9 Å². The first-order valence-electron chi connectivity index (χ1n) is 18.5. The Hall–Kier alpha value is -5.40. The van der Waals surface area contributed by atoms with E-state index < -0.39 is 126 Å². The molecular formula is C39H45NO18. The zero-order chi connectivity index (χ0) is 42.5. The van der Waals surface area contributed by atoms with Crippen molar-refractivity contribution in [2.75, 3.05) is 13.2 Å². The molecule has 2 aliphatic heterocycles. The molecule has 12 atom stereocenters. The number of aryl methyl sites for hydroxylation is 1. The van der Waals surface area contributed by atoms with Gasteiger partial charge in [0.15, 0.2) is 23.9 Å². The molecule has 0 aromatic carbocycles. The smallest absolute Gasteiger partial charge is 0.341 e. The largest absolute Gasteiger partial charge is 0.472 e. The van der Waals surface area contributed by atoms with Gasteiger partial charge in [0.25, 0.3) is 0 Å². The molecule has 0 radical (unpaired) electrons. The lowest BCUT2D eigenvalue weighted by atomic mass is 9.45. The third-order valence-electron chi connectivity index (χ3n) is 11.6. The number of nitrogens with zero attached hydrogens (tertiary/aromatic N) is 1. The Labute approximate surface area is 331 Å². The number of fused-ring (bicyclic) bond motifs is 5. The lowest BCUT2D eigenvalue weighted by Crippen LogP contribution is -2.89. The van der Waals surface area contributed by atoms with Gasteiger partial charge in [-0.25, -0.2) is 9.59 Å². The van der Waals surface area contributed by atoms with Crippen LogP contribution in [0, 0.1) is 17.3 Å². The zero-order valence-corrected chi connectivity index (χ0v) is 32.8. The number of rotatable bonds is 7. The van der Waals surface area contributed by atoms with Gasteiger partial charge in [-0.1, -0.05) is 6.92 Å². The van der Waals surface area contributed by atoms with Gasteiger partial charge in [0.1, 0.15) is 54.4 Å². The van der Waals surface area contributed by atoms with Crippen molar-refractivity contribution in [3.05, 3.63) is 53.7 Å². The molecule has 3 fully saturated rings. The Bertz CT molecular complexity index is 1980. The van der Waals surface area contributed by atoms with Crippen molar-refractivity contribution in [3.63, 3.8) is 0 Å². The van der Waals surface area contributed by atoms with Crippen LogP contribution in [0.2, 0.25) is 0 Å². The fourth-order valence-corrected chi connectivity index (χ4v) is 9.22. The molecule has 314 valence electrons. The molecule has 1 spiro atoms. The number of aliphatic hydroxyl groups excluding tert-OH is 1. The standard InChI is InChI=1S/C39H45NO18/c1-18-10-11-25-24(9-8-13-40-25)35(48)52-16-36(6)26-27(53-20(3)42)32(55-22(5)44)38(17-51-19(2)41)29(45)28(56-34(47)23-12-14-50-15-23)31(57-33(18)46)37(7,49)39(38,58-36)30(26)54-21(4)43/h8-9,12-15,18,26-32,45,49H,10-11,16-17H2,1-7H3. The third-order valence-corrected chi connectivity index (χ3v) is 11.6. The van der Waals surface area contributed by atoms with Crippen LogP contribution in [0.4, 0.5) is 0 Å². The third kappa shape index (κ3) is 6.77. The van der Waals surface area contributed by atoms with Crippen molar-refractivity contribution in [2.45, 2.75) is 115 Å². The first-order chi connectivity index (χ1) is 27.2. The summed E-state index contributed by atoms with van der Waals surface area (Å²) in [4.78, 5) is 98.2. The molecule has 12 unspecified atom stereocenters. The molecule has 2 saturated carbocycles. The highest BCUT2D eigenvalue weighted by molar-refractivity contribution is 5.91. The van der Waals surface area contributed by atoms with Crippen molar-refractivity contribution in [2.24, 2.45) is 17.3 Å². The molecule has 0 amide bonds. The monoisotopic (exact) mass is 815 g/mol. The Morgan fingerprint density at radius 3 is 2.21 bits per heavy atom. The average molecular weight is 816 g/mol. The number of hydrogen-bond acceptors (Lipinski definition) is 19. The van der Waals surface area contributed by atoms with Crippen molar-refractivity contribution in [1.82, 2.24) is 4.98 Å². The molecule has 2 aliphatic carbocycles. The van der Waals surface area contributed by atoms with E-state index in [-0.39, 0.29) is 29.7 Å². The first kappa shape index (κ1) is 42.2. The minimum Gasteiger partial charge on any atom is -0.472 e. The lowest BCUT2D eigenvalue weighted by molar-refractivity contribution is -0.385. The molecule has 1 saturated heterocycles. The second-order valence-corrected chi connectivity index (χ2v) is 15.5. The number of aliphatic hydroxyl groups is 2. The maximum atomic E-state index is 14.1. The minimum absolute atomic E-state index is 0.0307. The van der Waals surface area contributed by atoms with Crippen LogP contribution >= 0.6 is 0 Å². The average Bonchev–Trinajstić information content (AvgIpc) is 3.76. The zero-order valence-electron chi connectivity index (χ0n) is 32.8. The molecule has 2 aromatic heterocycles. The SMILES string of the molecule is CC(=O)OCC12C(O)C(OC(=O)c3ccoc3)C3OC(=O)C(C)CCc4ncccc4C(=O)OCC4(C)OC1(C(OC(C)=O)C4C(OC(C)=O)C2OC(C)=O)C3(C)O. The van der Waals surface area contributed by atoms with Crippen molar-refractivity contribution in [3.8, 4) is 0 Å². The number of carbonyl (C=O) groups excluding carboxylic acids is 7. The van der Waals surface area contributed by atoms with E-state index in [0.717, 1.165) is 47.1 Å². The molecule has 19 heteroatoms. The molecule has 2 N–H and O–H groups in total. The molecule has 4 aliphatic rings. The van der Waals surface area contributed by atoms with Crippen LogP contribution in [0.5, 0.6) is 0 Å². The Morgan fingerprint density at radius 2 is 1.59 bits per heavy atom. The molecule has 58 heavy (non-hydrogen) atoms. The van der Waals surface area contributed by atoms with Gasteiger partial charge >= 0.3 is 41.8 Å². The van der Waals surface area contributed by atoms with Crippen LogP contribution in [0.25, 0.3) is 0 Å². The number of furan rings is 1. The number of hydrogen-bond donors (Lipinski definition) is 2. The first-order valence-corrected chi connectivity index (χ1v) is 18.5. The van der Waals surface area contributed by atoms with Crippen molar-refractivity contribution < 1.29 is 86.1 Å². The van der Waals surface area contributed by atoms with E-state index in [1.165, 1.54) is 38.2 Å². The van der Waals surface area contributed by atoms with Gasteiger partial charge in [0, 0.05) is 33.9 Å². The summed E-state index contributed by atoms with van der Waals surface area (Å²) in [6, 6.07) is 4.19. The van der Waals surface area contributed by atoms with Gasteiger partial charge in [-0.05, 0) is 44.9 Å². The molecular weight excluding hydrogens is 770 g/mol. The van der Waals surface area contributed by atoms with Gasteiger partial charge in [-0.3, -0.25) is 29.0 Å². The molecule has 4 heterocycles. The van der Waals surface area contributed by atoms with Crippen LogP contribution in [0.15, 0.2) is 41.3 Å². The highest BCUT2D eigenvalue weighted by atomic mass is 16.7. The van der Waals surface area contributed by atoms with Crippen LogP contribution in [-0.4, -0.2) is 124 Å². The Balaban J connectivity index is 1.72. The number of carbonyl (C=O) groups is 7. The van der Waals surface area contributed by atoms with Crippen LogP contribution in [0.1, 0.15) is 81.3 Å². The van der Waals surface area contributed by atoms with E-state index in [4.69, 9.17) is 42.3 Å². The van der Waals surface area contributed by atoms with Crippen molar-refractivity contribution >= 4 is 41.8 Å². The van der Waals surface area contributed by atoms with Gasteiger partial charge in [-0.2, -0.15) is 0 Å². The Kier molecular flexibility index (Phi) is 11.2. The van der Waals surface area contributed by atoms with E-state index in [9.17, 15) is 43.8 Å². The summed E-state index contributed by atoms with van der Waals surface area (Å²) >= 11 is 0. The number of aromatic nitrogens is 1. The highest BCUT2D eigenvalue weighted by Gasteiger charge is 2.91. The Morgan fingerprint density at radius 1 is 0.914 bits per heavy atom. The fourth-order valence-electron chi connectivity index (χ4n) is 9.22. The van der Waals surface area contributed by atoms with E-state index >= 15 is 0 Å². The number of ether oxygens (including phenoxy) is 8. The van der Waals surface area contributed by atoms with Gasteiger partial charge in [0.2, 0.25) is 0 Å². The highest BCUT2D eigenvalue weighted by Crippen LogP contribution is 2.69. The summed E-state index contributed by atoms with van der Waals surface area (Å²) in [7, 11) is 0. The van der Waals surface area contributed by atoms with Crippen molar-refractivity contribution in [1.29, 1.82) is 0 Å². The summed E-state index contributed by atoms with van der Waals surface area (Å²) < 4.78 is 53.2. The minimum atomic E-state index is -2.83. The van der Waals surface area contributed by atoms with Crippen LogP contribution in [-0.2, 0) is 68.3 Å². The summed E-state index contributed by atoms with van der Waals surface area (Å²) in [5, 5.41) is 26.4. The lowest BCUT2D eigenvalue weighted by Gasteiger charge is -2.67. The van der Waals surface area contributed by atoms with Crippen LogP contribution < -0.4 is 0 Å². The molecule has 2 aromatic rings. The van der Waals surface area contributed by atoms with E-state index in [1.54, 1.807) is 0 Å². The topological polar surface area (TPSA) is 260 Å². The quantitative estimate of drug-likeness (QED) is 0.294. The predicted molar refractivity (Wildman–Crippen MR) is 188 cm³/mol. The summed E-state index contributed by atoms with van der Waals surface area (Å²) in [6.07, 6.45) is -8.58. The predicted octanol–water partition coefficient (Wildman–Crippen LogP) is 1.18. The summed E-state index contributed by atoms with van der Waals surface area (Å²) in [6.45, 7) is 6.18. The maximum Gasteiger partial charge on any atom is 0.341 e. The second-order valence-electron chi connectivity index (χ2n) is 15.5. The summed E-state index contributed by atoms with van der Waals surface area (Å²) in [5.74, 6) is -9.54. The number of cyclic esters (lactones) is 1. The second kappa shape index (κ2) is 15.4. The number of pyridine rings is 1.